The predicted molar refractivity (Wildman–Crippen MR) is 99.0 cm³/mol. The minimum absolute atomic E-state index is 0.0108. The second-order valence-electron chi connectivity index (χ2n) is 6.25. The summed E-state index contributed by atoms with van der Waals surface area (Å²) in [5.41, 5.74) is 1.90. The first-order valence-electron chi connectivity index (χ1n) is 8.36. The third-order valence-corrected chi connectivity index (χ3v) is 5.58. The zero-order valence-corrected chi connectivity index (χ0v) is 15.3. The van der Waals surface area contributed by atoms with Crippen LogP contribution in [0, 0.1) is 6.92 Å². The molecule has 1 unspecified atom stereocenters. The van der Waals surface area contributed by atoms with Gasteiger partial charge in [0.2, 0.25) is 0 Å². The molecule has 0 spiro atoms. The largest absolute Gasteiger partial charge is 0.477 e. The molecule has 0 bridgehead atoms. The van der Waals surface area contributed by atoms with Crippen molar-refractivity contribution >= 4 is 15.9 Å². The number of hydrogen-bond donors (Lipinski definition) is 0. The summed E-state index contributed by atoms with van der Waals surface area (Å²) in [7, 11) is -4.11. The Bertz CT molecular complexity index is 1090. The molecule has 2 aromatic carbocycles. The van der Waals surface area contributed by atoms with Crippen LogP contribution in [-0.4, -0.2) is 14.2 Å². The van der Waals surface area contributed by atoms with Gasteiger partial charge in [0.05, 0.1) is 0 Å². The van der Waals surface area contributed by atoms with Crippen molar-refractivity contribution in [3.63, 3.8) is 0 Å². The maximum Gasteiger partial charge on any atom is 0.339 e. The van der Waals surface area contributed by atoms with Gasteiger partial charge in [0.25, 0.3) is 0 Å². The highest BCUT2D eigenvalue weighted by Gasteiger charge is 2.40. The fraction of sp³-hybridized carbons (Fsp3) is 0.0952. The Morgan fingerprint density at radius 1 is 1.00 bits per heavy atom. The molecule has 0 fully saturated rings. The summed E-state index contributed by atoms with van der Waals surface area (Å²) in [5.74, 6) is -0.0463. The van der Waals surface area contributed by atoms with Crippen molar-refractivity contribution in [2.45, 2.75) is 17.9 Å². The van der Waals surface area contributed by atoms with E-state index in [2.05, 4.69) is 0 Å². The lowest BCUT2D eigenvalue weighted by atomic mass is 10.0. The van der Waals surface area contributed by atoms with E-state index in [1.807, 2.05) is 31.2 Å². The summed E-state index contributed by atoms with van der Waals surface area (Å²) in [6.45, 7) is 1.95. The van der Waals surface area contributed by atoms with E-state index in [9.17, 15) is 13.2 Å². The van der Waals surface area contributed by atoms with Gasteiger partial charge < -0.3 is 8.92 Å². The number of allylic oxidation sites excluding steroid dienone is 4. The fourth-order valence-corrected chi connectivity index (χ4v) is 3.96. The molecule has 27 heavy (non-hydrogen) atoms. The van der Waals surface area contributed by atoms with Crippen molar-refractivity contribution < 1.29 is 22.1 Å². The Morgan fingerprint density at radius 2 is 1.70 bits per heavy atom. The third kappa shape index (κ3) is 3.19. The molecule has 2 aliphatic rings. The Morgan fingerprint density at radius 3 is 2.41 bits per heavy atom. The topological polar surface area (TPSA) is 69.7 Å². The number of aryl methyl sites for hydroxylation is 1. The molecule has 0 saturated carbocycles. The predicted octanol–water partition coefficient (Wildman–Crippen LogP) is 3.75. The average Bonchev–Trinajstić information content (AvgIpc) is 3.02. The van der Waals surface area contributed by atoms with E-state index < -0.39 is 16.2 Å². The zero-order valence-electron chi connectivity index (χ0n) is 14.5. The van der Waals surface area contributed by atoms with Crippen molar-refractivity contribution in [3.8, 4) is 0 Å². The highest BCUT2D eigenvalue weighted by Crippen LogP contribution is 2.43. The van der Waals surface area contributed by atoms with Crippen LogP contribution in [0.5, 0.6) is 0 Å². The highest BCUT2D eigenvalue weighted by atomic mass is 32.2. The molecule has 1 aliphatic heterocycles. The van der Waals surface area contributed by atoms with Gasteiger partial charge in [0.15, 0.2) is 17.6 Å². The van der Waals surface area contributed by atoms with Gasteiger partial charge in [0.1, 0.15) is 16.2 Å². The van der Waals surface area contributed by atoms with Crippen LogP contribution in [0.25, 0.3) is 0 Å². The highest BCUT2D eigenvalue weighted by molar-refractivity contribution is 7.86. The summed E-state index contributed by atoms with van der Waals surface area (Å²) in [6.07, 6.45) is 3.75. The van der Waals surface area contributed by atoms with Gasteiger partial charge in [-0.1, -0.05) is 54.1 Å². The Kier molecular flexibility index (Phi) is 4.20. The minimum Gasteiger partial charge on any atom is -0.477 e. The summed E-state index contributed by atoms with van der Waals surface area (Å²) < 4.78 is 36.8. The van der Waals surface area contributed by atoms with Crippen LogP contribution in [0.3, 0.4) is 0 Å². The van der Waals surface area contributed by atoms with Gasteiger partial charge in [-0.05, 0) is 31.2 Å². The number of ether oxygens (including phenoxy) is 1. The van der Waals surface area contributed by atoms with Gasteiger partial charge in [-0.15, -0.1) is 0 Å². The molecule has 136 valence electrons. The van der Waals surface area contributed by atoms with E-state index in [-0.39, 0.29) is 22.0 Å². The first kappa shape index (κ1) is 17.3. The van der Waals surface area contributed by atoms with Crippen molar-refractivity contribution in [2.24, 2.45) is 0 Å². The molecule has 1 aliphatic carbocycles. The molecule has 0 N–H and O–H groups in total. The van der Waals surface area contributed by atoms with Crippen LogP contribution >= 0.6 is 0 Å². The number of ketones is 1. The zero-order chi connectivity index (χ0) is 19.0. The standard InChI is InChI=1S/C21H16O5S/c1-14-10-12-15(13-11-14)20-21(19-17(22)8-5-9-18(19)25-20)26-27(23,24)16-6-3-2-4-7-16/h2-13,20H,1H3. The molecule has 0 radical (unpaired) electrons. The van der Waals surface area contributed by atoms with E-state index in [1.165, 1.54) is 18.2 Å². The van der Waals surface area contributed by atoms with Crippen LogP contribution < -0.4 is 0 Å². The molecule has 6 heteroatoms. The van der Waals surface area contributed by atoms with Gasteiger partial charge in [-0.2, -0.15) is 8.42 Å². The van der Waals surface area contributed by atoms with Gasteiger partial charge in [0, 0.05) is 5.56 Å². The Balaban J connectivity index is 1.81. The number of hydrogen-bond acceptors (Lipinski definition) is 5. The van der Waals surface area contributed by atoms with Crippen LogP contribution in [0.1, 0.15) is 17.2 Å². The average molecular weight is 380 g/mol. The lowest BCUT2D eigenvalue weighted by Crippen LogP contribution is -2.13. The third-order valence-electron chi connectivity index (χ3n) is 4.33. The molecule has 0 amide bonds. The maximum absolute atomic E-state index is 12.7. The van der Waals surface area contributed by atoms with Crippen LogP contribution in [0.2, 0.25) is 0 Å². The monoisotopic (exact) mass is 380 g/mol. The fourth-order valence-electron chi connectivity index (χ4n) is 2.96. The van der Waals surface area contributed by atoms with E-state index in [0.717, 1.165) is 5.56 Å². The molecule has 1 atom stereocenters. The molecule has 5 nitrogen and oxygen atoms in total. The number of rotatable bonds is 4. The van der Waals surface area contributed by atoms with Gasteiger partial charge >= 0.3 is 10.1 Å². The summed E-state index contributed by atoms with van der Waals surface area (Å²) in [4.78, 5) is 12.4. The molecule has 0 saturated heterocycles. The summed E-state index contributed by atoms with van der Waals surface area (Å²) in [5, 5.41) is 0. The smallest absolute Gasteiger partial charge is 0.339 e. The molecular formula is C21H16O5S. The second kappa shape index (κ2) is 6.55. The van der Waals surface area contributed by atoms with E-state index in [4.69, 9.17) is 8.92 Å². The van der Waals surface area contributed by atoms with Crippen LogP contribution in [0.4, 0.5) is 0 Å². The van der Waals surface area contributed by atoms with Crippen molar-refractivity contribution in [3.05, 3.63) is 101 Å². The van der Waals surface area contributed by atoms with Gasteiger partial charge in [-0.3, -0.25) is 4.79 Å². The van der Waals surface area contributed by atoms with Crippen LogP contribution in [0.15, 0.2) is 94.8 Å². The molecule has 1 heterocycles. The lowest BCUT2D eigenvalue weighted by Gasteiger charge is -2.16. The Hall–Kier alpha value is -3.12. The van der Waals surface area contributed by atoms with E-state index in [0.29, 0.717) is 11.3 Å². The molecule has 4 rings (SSSR count). The first-order chi connectivity index (χ1) is 13.0. The minimum atomic E-state index is -4.11. The first-order valence-corrected chi connectivity index (χ1v) is 9.76. The lowest BCUT2D eigenvalue weighted by molar-refractivity contribution is -0.111. The normalized spacial score (nSPS) is 18.8. The quantitative estimate of drug-likeness (QED) is 0.756. The van der Waals surface area contributed by atoms with Crippen molar-refractivity contribution in [1.29, 1.82) is 0 Å². The van der Waals surface area contributed by atoms with Gasteiger partial charge in [-0.25, -0.2) is 0 Å². The second-order valence-corrected chi connectivity index (χ2v) is 7.80. The number of fused-ring (bicyclic) bond motifs is 1. The SMILES string of the molecule is Cc1ccc(C2OC3=CC=CC(=O)C3=C2OS(=O)(=O)c2ccccc2)cc1. The van der Waals surface area contributed by atoms with E-state index in [1.54, 1.807) is 30.4 Å². The summed E-state index contributed by atoms with van der Waals surface area (Å²) >= 11 is 0. The van der Waals surface area contributed by atoms with Crippen molar-refractivity contribution in [2.75, 3.05) is 0 Å². The van der Waals surface area contributed by atoms with E-state index >= 15 is 0 Å². The number of benzene rings is 2. The number of carbonyl (C=O) groups is 1. The molecule has 2 aromatic rings. The van der Waals surface area contributed by atoms with Crippen LogP contribution in [-0.2, 0) is 23.8 Å². The number of carbonyl (C=O) groups excluding carboxylic acids is 1. The maximum atomic E-state index is 12.7. The Labute approximate surface area is 157 Å². The van der Waals surface area contributed by atoms with Crippen molar-refractivity contribution in [1.82, 2.24) is 0 Å². The molecule has 0 aromatic heterocycles. The molecular weight excluding hydrogens is 364 g/mol. The summed E-state index contributed by atoms with van der Waals surface area (Å²) in [6, 6.07) is 15.3.